The van der Waals surface area contributed by atoms with Gasteiger partial charge < -0.3 is 9.47 Å². The van der Waals surface area contributed by atoms with Crippen LogP contribution >= 0.6 is 12.2 Å². The molecular formula is C14H18N2O3S. The minimum Gasteiger partial charge on any atom is -0.468 e. The van der Waals surface area contributed by atoms with Gasteiger partial charge in [0.15, 0.2) is 0 Å². The molecule has 2 rings (SSSR count). The summed E-state index contributed by atoms with van der Waals surface area (Å²) >= 11 is 5.18. The van der Waals surface area contributed by atoms with E-state index < -0.39 is 0 Å². The van der Waals surface area contributed by atoms with Gasteiger partial charge in [-0.15, -0.1) is 0 Å². The van der Waals surface area contributed by atoms with Crippen LogP contribution in [0.25, 0.3) is 0 Å². The minimum absolute atomic E-state index is 0.00706. The Morgan fingerprint density at radius 3 is 2.60 bits per heavy atom. The summed E-state index contributed by atoms with van der Waals surface area (Å²) in [6.07, 6.45) is 0. The fraction of sp³-hybridized carbons (Fsp3) is 0.429. The molecular weight excluding hydrogens is 276 g/mol. The van der Waals surface area contributed by atoms with Gasteiger partial charge in [-0.2, -0.15) is 0 Å². The van der Waals surface area contributed by atoms with Gasteiger partial charge in [-0.05, 0) is 37.2 Å². The number of ether oxygens (including phenoxy) is 2. The van der Waals surface area contributed by atoms with E-state index >= 15 is 0 Å². The molecule has 1 aliphatic rings. The lowest BCUT2D eigenvalue weighted by atomic mass is 10.1. The summed E-state index contributed by atoms with van der Waals surface area (Å²) in [6, 6.07) is 5.90. The summed E-state index contributed by atoms with van der Waals surface area (Å²) < 4.78 is 10.3. The van der Waals surface area contributed by atoms with Gasteiger partial charge in [0.2, 0.25) is 0 Å². The van der Waals surface area contributed by atoms with Crippen LogP contribution in [0.2, 0.25) is 0 Å². The van der Waals surface area contributed by atoms with Gasteiger partial charge in [0.1, 0.15) is 13.2 Å². The molecule has 1 aromatic rings. The summed E-state index contributed by atoms with van der Waals surface area (Å²) in [5, 5.41) is 3.58. The third kappa shape index (κ3) is 2.76. The fourth-order valence-electron chi connectivity index (χ4n) is 2.27. The van der Waals surface area contributed by atoms with E-state index in [-0.39, 0.29) is 12.5 Å². The van der Waals surface area contributed by atoms with Gasteiger partial charge in [0.25, 0.3) is 11.1 Å². The Bertz CT molecular complexity index is 513. The van der Waals surface area contributed by atoms with Gasteiger partial charge in [0, 0.05) is 7.11 Å². The zero-order chi connectivity index (χ0) is 14.7. The first kappa shape index (κ1) is 14.7. The van der Waals surface area contributed by atoms with Crippen molar-refractivity contribution in [2.45, 2.75) is 13.8 Å². The normalized spacial score (nSPS) is 14.3. The van der Waals surface area contributed by atoms with E-state index in [2.05, 4.69) is 0 Å². The molecule has 6 heteroatoms. The summed E-state index contributed by atoms with van der Waals surface area (Å²) in [5.74, 6) is -0.169. The van der Waals surface area contributed by atoms with E-state index in [0.717, 1.165) is 16.8 Å². The molecule has 0 aromatic heterocycles. The highest BCUT2D eigenvalue weighted by molar-refractivity contribution is 7.80. The van der Waals surface area contributed by atoms with Gasteiger partial charge in [0.05, 0.1) is 12.2 Å². The van der Waals surface area contributed by atoms with Crippen molar-refractivity contribution in [3.8, 4) is 0 Å². The molecule has 0 radical (unpaired) electrons. The predicted octanol–water partition coefficient (Wildman–Crippen LogP) is 1.81. The van der Waals surface area contributed by atoms with E-state index in [1.165, 1.54) is 7.11 Å². The standard InChI is InChI=1S/C14H18N2O3S/c1-10-5-4-6-11(2)13(10)16(12(17)9-18-3)15-7-8-19-14(15)20/h4-6H,7-9H2,1-3H3. The van der Waals surface area contributed by atoms with E-state index in [1.807, 2.05) is 32.0 Å². The lowest BCUT2D eigenvalue weighted by Crippen LogP contribution is -2.49. The van der Waals surface area contributed by atoms with Crippen LogP contribution in [-0.4, -0.2) is 43.0 Å². The molecule has 5 nitrogen and oxygen atoms in total. The van der Waals surface area contributed by atoms with Crippen LogP contribution in [0.4, 0.5) is 5.69 Å². The van der Waals surface area contributed by atoms with Crippen molar-refractivity contribution >= 4 is 29.0 Å². The molecule has 1 amide bonds. The Balaban J connectivity index is 2.46. The fourth-order valence-corrected chi connectivity index (χ4v) is 2.53. The number of nitrogens with zero attached hydrogens (tertiary/aromatic N) is 2. The van der Waals surface area contributed by atoms with E-state index in [4.69, 9.17) is 21.7 Å². The number of hydrogen-bond donors (Lipinski definition) is 0. The highest BCUT2D eigenvalue weighted by atomic mass is 32.1. The largest absolute Gasteiger partial charge is 0.468 e. The van der Waals surface area contributed by atoms with Gasteiger partial charge in [-0.25, -0.2) is 10.0 Å². The molecule has 1 heterocycles. The van der Waals surface area contributed by atoms with Crippen molar-refractivity contribution in [2.24, 2.45) is 0 Å². The van der Waals surface area contributed by atoms with Crippen molar-refractivity contribution in [3.63, 3.8) is 0 Å². The number of amides is 1. The average molecular weight is 294 g/mol. The molecule has 0 atom stereocenters. The zero-order valence-electron chi connectivity index (χ0n) is 11.9. The van der Waals surface area contributed by atoms with Gasteiger partial charge in [-0.3, -0.25) is 4.79 Å². The Morgan fingerprint density at radius 1 is 1.45 bits per heavy atom. The van der Waals surface area contributed by atoms with Crippen molar-refractivity contribution in [1.82, 2.24) is 5.01 Å². The first-order chi connectivity index (χ1) is 9.56. The maximum absolute atomic E-state index is 12.4. The quantitative estimate of drug-likeness (QED) is 0.792. The molecule has 1 saturated heterocycles. The second-order valence-corrected chi connectivity index (χ2v) is 4.97. The Hall–Kier alpha value is -1.66. The van der Waals surface area contributed by atoms with E-state index in [1.54, 1.807) is 10.0 Å². The van der Waals surface area contributed by atoms with Crippen LogP contribution in [0, 0.1) is 13.8 Å². The molecule has 0 saturated carbocycles. The maximum Gasteiger partial charge on any atom is 0.279 e. The Morgan fingerprint density at radius 2 is 2.10 bits per heavy atom. The molecule has 1 aliphatic heterocycles. The van der Waals surface area contributed by atoms with Crippen LogP contribution in [0.5, 0.6) is 0 Å². The average Bonchev–Trinajstić information content (AvgIpc) is 2.80. The molecule has 0 unspecified atom stereocenters. The summed E-state index contributed by atoms with van der Waals surface area (Å²) in [4.78, 5) is 12.4. The van der Waals surface area contributed by atoms with Gasteiger partial charge in [-0.1, -0.05) is 18.2 Å². The lowest BCUT2D eigenvalue weighted by molar-refractivity contribution is -0.124. The first-order valence-electron chi connectivity index (χ1n) is 6.38. The smallest absolute Gasteiger partial charge is 0.279 e. The third-order valence-electron chi connectivity index (χ3n) is 3.14. The number of methoxy groups -OCH3 is 1. The summed E-state index contributed by atoms with van der Waals surface area (Å²) in [6.45, 7) is 4.97. The Labute approximate surface area is 124 Å². The molecule has 20 heavy (non-hydrogen) atoms. The molecule has 0 spiro atoms. The number of rotatable bonds is 4. The van der Waals surface area contributed by atoms with Crippen molar-refractivity contribution in [2.75, 3.05) is 31.9 Å². The van der Waals surface area contributed by atoms with Crippen LogP contribution in [0.3, 0.4) is 0 Å². The number of thiocarbonyl (C=S) groups is 1. The van der Waals surface area contributed by atoms with Crippen molar-refractivity contribution in [1.29, 1.82) is 0 Å². The SMILES string of the molecule is COCC(=O)N(c1c(C)cccc1C)N1CCOC1=S. The number of benzene rings is 1. The number of carbonyl (C=O) groups is 1. The van der Waals surface area contributed by atoms with Crippen LogP contribution in [0.1, 0.15) is 11.1 Å². The third-order valence-corrected chi connectivity index (χ3v) is 3.46. The molecule has 0 N–H and O–H groups in total. The van der Waals surface area contributed by atoms with Crippen LogP contribution in [-0.2, 0) is 14.3 Å². The predicted molar refractivity (Wildman–Crippen MR) is 80.5 cm³/mol. The van der Waals surface area contributed by atoms with Gasteiger partial charge >= 0.3 is 0 Å². The number of para-hydroxylation sites is 1. The highest BCUT2D eigenvalue weighted by Gasteiger charge is 2.31. The number of anilines is 1. The van der Waals surface area contributed by atoms with E-state index in [0.29, 0.717) is 18.3 Å². The molecule has 108 valence electrons. The molecule has 0 bridgehead atoms. The minimum atomic E-state index is -0.169. The summed E-state index contributed by atoms with van der Waals surface area (Å²) in [7, 11) is 1.50. The number of aryl methyl sites for hydroxylation is 2. The van der Waals surface area contributed by atoms with Crippen molar-refractivity contribution < 1.29 is 14.3 Å². The second kappa shape index (κ2) is 6.19. The monoisotopic (exact) mass is 294 g/mol. The highest BCUT2D eigenvalue weighted by Crippen LogP contribution is 2.27. The maximum atomic E-state index is 12.4. The van der Waals surface area contributed by atoms with E-state index in [9.17, 15) is 4.79 Å². The number of hydrogen-bond acceptors (Lipinski definition) is 4. The van der Waals surface area contributed by atoms with Crippen LogP contribution < -0.4 is 5.01 Å². The van der Waals surface area contributed by atoms with Crippen molar-refractivity contribution in [3.05, 3.63) is 29.3 Å². The zero-order valence-corrected chi connectivity index (χ0v) is 12.7. The molecule has 0 aliphatic carbocycles. The second-order valence-electron chi connectivity index (χ2n) is 4.62. The topological polar surface area (TPSA) is 42.0 Å². The summed E-state index contributed by atoms with van der Waals surface area (Å²) in [5.41, 5.74) is 2.84. The molecule has 1 aromatic carbocycles. The van der Waals surface area contributed by atoms with Crippen LogP contribution in [0.15, 0.2) is 18.2 Å². The first-order valence-corrected chi connectivity index (χ1v) is 6.79. The number of carbonyl (C=O) groups excluding carboxylic acids is 1. The lowest BCUT2D eigenvalue weighted by Gasteiger charge is -2.33. The molecule has 1 fully saturated rings. The number of hydrazine groups is 1. The Kier molecular flexibility index (Phi) is 4.57.